The zero-order valence-electron chi connectivity index (χ0n) is 11.2. The van der Waals surface area contributed by atoms with Crippen molar-refractivity contribution in [1.82, 2.24) is 30.0 Å². The lowest BCUT2D eigenvalue weighted by Crippen LogP contribution is -2.60. The molecule has 1 aliphatic heterocycles. The van der Waals surface area contributed by atoms with Crippen LogP contribution in [0.5, 0.6) is 0 Å². The first-order chi connectivity index (χ1) is 10.3. The Morgan fingerprint density at radius 3 is 3.05 bits per heavy atom. The van der Waals surface area contributed by atoms with Gasteiger partial charge in [-0.05, 0) is 6.07 Å². The lowest BCUT2D eigenvalue weighted by Gasteiger charge is -2.41. The quantitative estimate of drug-likeness (QED) is 0.746. The third-order valence-corrected chi connectivity index (χ3v) is 4.01. The van der Waals surface area contributed by atoms with E-state index in [2.05, 4.69) is 31.4 Å². The van der Waals surface area contributed by atoms with Crippen molar-refractivity contribution in [2.45, 2.75) is 12.0 Å². The van der Waals surface area contributed by atoms with Gasteiger partial charge in [0.15, 0.2) is 0 Å². The molecule has 0 aliphatic carbocycles. The second kappa shape index (κ2) is 4.40. The molecule has 21 heavy (non-hydrogen) atoms. The van der Waals surface area contributed by atoms with Gasteiger partial charge in [-0.3, -0.25) is 4.68 Å². The number of H-pyrrole nitrogens is 1. The summed E-state index contributed by atoms with van der Waals surface area (Å²) in [6.07, 6.45) is 7.60. The maximum atomic E-state index is 9.02. The highest BCUT2D eigenvalue weighted by Gasteiger charge is 2.39. The summed E-state index contributed by atoms with van der Waals surface area (Å²) >= 11 is 0. The van der Waals surface area contributed by atoms with E-state index in [0.29, 0.717) is 6.42 Å². The van der Waals surface area contributed by atoms with E-state index in [0.717, 1.165) is 35.4 Å². The molecule has 104 valence electrons. The van der Waals surface area contributed by atoms with E-state index in [1.54, 1.807) is 12.5 Å². The van der Waals surface area contributed by atoms with Crippen molar-refractivity contribution in [1.29, 1.82) is 5.26 Å². The third kappa shape index (κ3) is 1.73. The predicted molar refractivity (Wildman–Crippen MR) is 76.2 cm³/mol. The van der Waals surface area contributed by atoms with E-state index < -0.39 is 0 Å². The number of nitriles is 1. The van der Waals surface area contributed by atoms with Gasteiger partial charge in [-0.2, -0.15) is 10.4 Å². The Bertz CT molecular complexity index is 834. The van der Waals surface area contributed by atoms with Gasteiger partial charge in [0.05, 0.1) is 24.4 Å². The molecule has 7 heteroatoms. The fraction of sp³-hybridized carbons (Fsp3) is 0.286. The van der Waals surface area contributed by atoms with Crippen molar-refractivity contribution in [3.05, 3.63) is 31.0 Å². The molecule has 7 nitrogen and oxygen atoms in total. The number of hydrogen-bond donors (Lipinski definition) is 2. The normalized spacial score (nSPS) is 16.5. The van der Waals surface area contributed by atoms with Gasteiger partial charge >= 0.3 is 0 Å². The summed E-state index contributed by atoms with van der Waals surface area (Å²) in [7, 11) is 0. The first kappa shape index (κ1) is 12.1. The standard InChI is InChI=1S/C14H13N7/c15-3-2-14(7-16-8-14)21-6-10(5-20-21)12-11-1-4-17-13(11)19-9-18-12/h1,4-6,9,16H,2,7-8H2,(H,17,18,19). The second-order valence-corrected chi connectivity index (χ2v) is 5.30. The summed E-state index contributed by atoms with van der Waals surface area (Å²) in [5, 5.41) is 17.7. The van der Waals surface area contributed by atoms with Crippen LogP contribution in [-0.4, -0.2) is 37.8 Å². The molecule has 0 aromatic carbocycles. The molecule has 2 N–H and O–H groups in total. The minimum absolute atomic E-state index is 0.225. The lowest BCUT2D eigenvalue weighted by molar-refractivity contribution is 0.160. The van der Waals surface area contributed by atoms with Crippen molar-refractivity contribution < 1.29 is 0 Å². The molecule has 0 radical (unpaired) electrons. The van der Waals surface area contributed by atoms with Crippen molar-refractivity contribution >= 4 is 11.0 Å². The predicted octanol–water partition coefficient (Wildman–Crippen LogP) is 1.03. The Kier molecular flexibility index (Phi) is 2.52. The Labute approximate surface area is 120 Å². The zero-order chi connectivity index (χ0) is 14.3. The van der Waals surface area contributed by atoms with Crippen LogP contribution in [0.25, 0.3) is 22.3 Å². The number of hydrogen-bond acceptors (Lipinski definition) is 5. The van der Waals surface area contributed by atoms with Crippen LogP contribution in [0, 0.1) is 11.3 Å². The van der Waals surface area contributed by atoms with E-state index >= 15 is 0 Å². The number of rotatable bonds is 3. The molecule has 0 spiro atoms. The molecule has 3 aromatic rings. The highest BCUT2D eigenvalue weighted by atomic mass is 15.4. The van der Waals surface area contributed by atoms with Gasteiger partial charge in [0.1, 0.15) is 17.5 Å². The summed E-state index contributed by atoms with van der Waals surface area (Å²) < 4.78 is 1.89. The van der Waals surface area contributed by atoms with Crippen LogP contribution in [0.15, 0.2) is 31.0 Å². The van der Waals surface area contributed by atoms with E-state index in [-0.39, 0.29) is 5.54 Å². The maximum absolute atomic E-state index is 9.02. The fourth-order valence-electron chi connectivity index (χ4n) is 2.74. The number of aromatic amines is 1. The van der Waals surface area contributed by atoms with Crippen molar-refractivity contribution in [3.8, 4) is 17.3 Å². The molecule has 0 bridgehead atoms. The number of nitrogens with zero attached hydrogens (tertiary/aromatic N) is 5. The Morgan fingerprint density at radius 1 is 1.38 bits per heavy atom. The number of nitrogens with one attached hydrogen (secondary N) is 2. The zero-order valence-corrected chi connectivity index (χ0v) is 11.2. The highest BCUT2D eigenvalue weighted by Crippen LogP contribution is 2.29. The first-order valence-corrected chi connectivity index (χ1v) is 6.74. The van der Waals surface area contributed by atoms with Crippen molar-refractivity contribution in [3.63, 3.8) is 0 Å². The minimum Gasteiger partial charge on any atom is -0.346 e. The van der Waals surface area contributed by atoms with Gasteiger partial charge in [0, 0.05) is 36.4 Å². The van der Waals surface area contributed by atoms with Crippen LogP contribution in [0.2, 0.25) is 0 Å². The molecular weight excluding hydrogens is 266 g/mol. The maximum Gasteiger partial charge on any atom is 0.141 e. The van der Waals surface area contributed by atoms with Gasteiger partial charge in [-0.1, -0.05) is 0 Å². The van der Waals surface area contributed by atoms with Crippen LogP contribution < -0.4 is 5.32 Å². The SMILES string of the molecule is N#CCC1(n2cc(-c3ncnc4[nH]ccc34)cn2)CNC1. The van der Waals surface area contributed by atoms with Crippen molar-refractivity contribution in [2.75, 3.05) is 13.1 Å². The van der Waals surface area contributed by atoms with Gasteiger partial charge in [0.2, 0.25) is 0 Å². The van der Waals surface area contributed by atoms with Crippen LogP contribution >= 0.6 is 0 Å². The highest BCUT2D eigenvalue weighted by molar-refractivity contribution is 5.89. The fourth-order valence-corrected chi connectivity index (χ4v) is 2.74. The van der Waals surface area contributed by atoms with Crippen LogP contribution in [0.4, 0.5) is 0 Å². The largest absolute Gasteiger partial charge is 0.346 e. The first-order valence-electron chi connectivity index (χ1n) is 6.74. The molecule has 4 rings (SSSR count). The molecule has 1 saturated heterocycles. The average Bonchev–Trinajstić information content (AvgIpc) is 3.11. The lowest BCUT2D eigenvalue weighted by atomic mass is 9.89. The molecule has 1 aliphatic rings. The van der Waals surface area contributed by atoms with E-state index in [1.165, 1.54) is 0 Å². The smallest absolute Gasteiger partial charge is 0.141 e. The molecule has 0 amide bonds. The summed E-state index contributed by atoms with van der Waals surface area (Å²) in [6, 6.07) is 4.21. The molecule has 0 saturated carbocycles. The number of fused-ring (bicyclic) bond motifs is 1. The topological polar surface area (TPSA) is 95.2 Å². The van der Waals surface area contributed by atoms with E-state index in [1.807, 2.05) is 23.1 Å². The van der Waals surface area contributed by atoms with Crippen LogP contribution in [0.3, 0.4) is 0 Å². The number of aromatic nitrogens is 5. The molecule has 1 fully saturated rings. The van der Waals surface area contributed by atoms with Gasteiger partial charge in [-0.25, -0.2) is 9.97 Å². The summed E-state index contributed by atoms with van der Waals surface area (Å²) in [5.74, 6) is 0. The molecule has 0 unspecified atom stereocenters. The molecule has 0 atom stereocenters. The summed E-state index contributed by atoms with van der Waals surface area (Å²) in [6.45, 7) is 1.54. The Hall–Kier alpha value is -2.72. The monoisotopic (exact) mass is 279 g/mol. The van der Waals surface area contributed by atoms with Gasteiger partial charge < -0.3 is 10.3 Å². The van der Waals surface area contributed by atoms with Gasteiger partial charge in [0.25, 0.3) is 0 Å². The van der Waals surface area contributed by atoms with E-state index in [4.69, 9.17) is 5.26 Å². The average molecular weight is 279 g/mol. The summed E-state index contributed by atoms with van der Waals surface area (Å²) in [5.41, 5.74) is 2.38. The third-order valence-electron chi connectivity index (χ3n) is 4.01. The second-order valence-electron chi connectivity index (χ2n) is 5.30. The van der Waals surface area contributed by atoms with Crippen LogP contribution in [-0.2, 0) is 5.54 Å². The Balaban J connectivity index is 1.78. The summed E-state index contributed by atoms with van der Waals surface area (Å²) in [4.78, 5) is 11.6. The van der Waals surface area contributed by atoms with E-state index in [9.17, 15) is 0 Å². The van der Waals surface area contributed by atoms with Crippen molar-refractivity contribution in [2.24, 2.45) is 0 Å². The van der Waals surface area contributed by atoms with Gasteiger partial charge in [-0.15, -0.1) is 0 Å². The molecule has 3 aromatic heterocycles. The Morgan fingerprint density at radius 2 is 2.29 bits per heavy atom. The molecule has 4 heterocycles. The molecular formula is C14H13N7. The van der Waals surface area contributed by atoms with Crippen LogP contribution in [0.1, 0.15) is 6.42 Å². The minimum atomic E-state index is -0.225.